The van der Waals surface area contributed by atoms with Crippen LogP contribution in [0.15, 0.2) is 36.4 Å². The fourth-order valence-corrected chi connectivity index (χ4v) is 2.93. The maximum atomic E-state index is 12.4. The summed E-state index contributed by atoms with van der Waals surface area (Å²) in [6.07, 6.45) is -0.126. The zero-order valence-electron chi connectivity index (χ0n) is 13.2. The Morgan fingerprint density at radius 2 is 2.25 bits per heavy atom. The van der Waals surface area contributed by atoms with Crippen molar-refractivity contribution >= 4 is 17.5 Å². The van der Waals surface area contributed by atoms with E-state index >= 15 is 0 Å². The number of fused-ring (bicyclic) bond motifs is 1. The van der Waals surface area contributed by atoms with Crippen LogP contribution in [0, 0.1) is 0 Å². The van der Waals surface area contributed by atoms with Gasteiger partial charge in [0, 0.05) is 23.6 Å². The summed E-state index contributed by atoms with van der Waals surface area (Å²) in [7, 11) is 1.52. The molecule has 0 aliphatic carbocycles. The fourth-order valence-electron chi connectivity index (χ4n) is 2.75. The lowest BCUT2D eigenvalue weighted by atomic mass is 10.1. The molecule has 2 aromatic rings. The zero-order chi connectivity index (χ0) is 17.1. The van der Waals surface area contributed by atoms with E-state index in [4.69, 9.17) is 21.1 Å². The van der Waals surface area contributed by atoms with E-state index in [9.17, 15) is 9.90 Å². The van der Waals surface area contributed by atoms with Gasteiger partial charge < -0.3 is 19.9 Å². The van der Waals surface area contributed by atoms with Crippen LogP contribution in [-0.2, 0) is 6.42 Å². The van der Waals surface area contributed by atoms with Crippen molar-refractivity contribution in [1.82, 2.24) is 5.32 Å². The van der Waals surface area contributed by atoms with Crippen molar-refractivity contribution in [2.75, 3.05) is 20.3 Å². The number of hydrogen-bond acceptors (Lipinski definition) is 4. The second-order valence-corrected chi connectivity index (χ2v) is 5.94. The van der Waals surface area contributed by atoms with Crippen molar-refractivity contribution < 1.29 is 19.4 Å². The minimum absolute atomic E-state index is 0.0409. The van der Waals surface area contributed by atoms with Gasteiger partial charge in [0.25, 0.3) is 5.91 Å². The Morgan fingerprint density at radius 3 is 3.04 bits per heavy atom. The molecule has 1 heterocycles. The molecule has 0 aromatic heterocycles. The monoisotopic (exact) mass is 347 g/mol. The molecular formula is C18H18ClNO4. The smallest absolute Gasteiger partial charge is 0.255 e. The largest absolute Gasteiger partial charge is 0.496 e. The van der Waals surface area contributed by atoms with Crippen molar-refractivity contribution in [3.63, 3.8) is 0 Å². The highest BCUT2D eigenvalue weighted by molar-refractivity contribution is 6.30. The van der Waals surface area contributed by atoms with Gasteiger partial charge in [0.2, 0.25) is 0 Å². The summed E-state index contributed by atoms with van der Waals surface area (Å²) in [6.45, 7) is 0.626. The quantitative estimate of drug-likeness (QED) is 0.872. The highest BCUT2D eigenvalue weighted by Crippen LogP contribution is 2.30. The van der Waals surface area contributed by atoms with Gasteiger partial charge in [-0.25, -0.2) is 0 Å². The molecule has 1 aliphatic heterocycles. The van der Waals surface area contributed by atoms with Gasteiger partial charge in [-0.05, 0) is 29.8 Å². The molecule has 0 saturated heterocycles. The van der Waals surface area contributed by atoms with E-state index in [2.05, 4.69) is 5.32 Å². The van der Waals surface area contributed by atoms with Crippen molar-refractivity contribution in [2.24, 2.45) is 0 Å². The van der Waals surface area contributed by atoms with Gasteiger partial charge in [0.1, 0.15) is 11.5 Å². The van der Waals surface area contributed by atoms with Gasteiger partial charge in [0.05, 0.1) is 25.4 Å². The van der Waals surface area contributed by atoms with Crippen LogP contribution in [-0.4, -0.2) is 31.3 Å². The molecular weight excluding hydrogens is 330 g/mol. The molecule has 0 radical (unpaired) electrons. The van der Waals surface area contributed by atoms with Crippen LogP contribution >= 0.6 is 11.6 Å². The minimum atomic E-state index is -0.930. The predicted molar refractivity (Wildman–Crippen MR) is 90.9 cm³/mol. The van der Waals surface area contributed by atoms with Gasteiger partial charge >= 0.3 is 0 Å². The summed E-state index contributed by atoms with van der Waals surface area (Å²) in [6, 6.07) is 10.5. The average Bonchev–Trinajstić information content (AvgIpc) is 3.08. The minimum Gasteiger partial charge on any atom is -0.496 e. The number of nitrogens with one attached hydrogen (secondary N) is 1. The first-order valence-corrected chi connectivity index (χ1v) is 8.02. The van der Waals surface area contributed by atoms with Crippen LogP contribution in [0.5, 0.6) is 11.5 Å². The van der Waals surface area contributed by atoms with E-state index in [0.29, 0.717) is 34.3 Å². The molecule has 1 amide bonds. The summed E-state index contributed by atoms with van der Waals surface area (Å²) in [5.41, 5.74) is 2.04. The highest BCUT2D eigenvalue weighted by Gasteiger charge is 2.21. The summed E-state index contributed by atoms with van der Waals surface area (Å²) >= 11 is 5.97. The second-order valence-electron chi connectivity index (χ2n) is 5.50. The molecule has 6 heteroatoms. The van der Waals surface area contributed by atoms with Crippen LogP contribution in [0.4, 0.5) is 0 Å². The number of aliphatic hydroxyl groups is 1. The van der Waals surface area contributed by atoms with Gasteiger partial charge in [-0.1, -0.05) is 23.7 Å². The maximum Gasteiger partial charge on any atom is 0.255 e. The lowest BCUT2D eigenvalue weighted by Gasteiger charge is -2.16. The van der Waals surface area contributed by atoms with E-state index in [1.165, 1.54) is 7.11 Å². The maximum absolute atomic E-state index is 12.4. The standard InChI is InChI=1S/C18H18ClNO4/c1-23-16-6-5-12(19)9-14(16)15(21)10-20-18(22)13-4-2-3-11-7-8-24-17(11)13/h2-6,9,15,21H,7-8,10H2,1H3,(H,20,22)/t15-/m0/s1. The molecule has 0 saturated carbocycles. The van der Waals surface area contributed by atoms with Crippen LogP contribution in [0.1, 0.15) is 27.6 Å². The number of carbonyl (C=O) groups excluding carboxylic acids is 1. The molecule has 0 bridgehead atoms. The number of carbonyl (C=O) groups is 1. The van der Waals surface area contributed by atoms with Crippen LogP contribution < -0.4 is 14.8 Å². The normalized spacial score (nSPS) is 13.8. The summed E-state index contributed by atoms with van der Waals surface area (Å²) < 4.78 is 10.8. The van der Waals surface area contributed by atoms with E-state index in [1.807, 2.05) is 12.1 Å². The van der Waals surface area contributed by atoms with E-state index < -0.39 is 6.10 Å². The second kappa shape index (κ2) is 7.11. The van der Waals surface area contributed by atoms with Gasteiger partial charge in [-0.2, -0.15) is 0 Å². The Bertz CT molecular complexity index is 763. The Kier molecular flexibility index (Phi) is 4.92. The zero-order valence-corrected chi connectivity index (χ0v) is 14.0. The molecule has 0 spiro atoms. The first kappa shape index (κ1) is 16.6. The Balaban J connectivity index is 1.71. The first-order valence-electron chi connectivity index (χ1n) is 7.64. The number of ether oxygens (including phenoxy) is 2. The lowest BCUT2D eigenvalue weighted by molar-refractivity contribution is 0.0911. The fraction of sp³-hybridized carbons (Fsp3) is 0.278. The lowest BCUT2D eigenvalue weighted by Crippen LogP contribution is -2.28. The average molecular weight is 348 g/mol. The van der Waals surface area contributed by atoms with Crippen LogP contribution in [0.3, 0.4) is 0 Å². The summed E-state index contributed by atoms with van der Waals surface area (Å²) in [4.78, 5) is 12.4. The number of hydrogen-bond donors (Lipinski definition) is 2. The van der Waals surface area contributed by atoms with Crippen molar-refractivity contribution in [3.05, 3.63) is 58.1 Å². The molecule has 5 nitrogen and oxygen atoms in total. The molecule has 126 valence electrons. The Labute approximate surface area is 145 Å². The number of para-hydroxylation sites is 1. The molecule has 3 rings (SSSR count). The Hall–Kier alpha value is -2.24. The van der Waals surface area contributed by atoms with Crippen molar-refractivity contribution in [2.45, 2.75) is 12.5 Å². The number of rotatable bonds is 5. The topological polar surface area (TPSA) is 67.8 Å². The van der Waals surface area contributed by atoms with Gasteiger partial charge in [0.15, 0.2) is 0 Å². The van der Waals surface area contributed by atoms with E-state index in [0.717, 1.165) is 12.0 Å². The van der Waals surface area contributed by atoms with Gasteiger partial charge in [-0.15, -0.1) is 0 Å². The van der Waals surface area contributed by atoms with E-state index in [1.54, 1.807) is 24.3 Å². The molecule has 2 N–H and O–H groups in total. The summed E-state index contributed by atoms with van der Waals surface area (Å²) in [5, 5.41) is 13.6. The van der Waals surface area contributed by atoms with Crippen molar-refractivity contribution in [1.29, 1.82) is 0 Å². The number of halogens is 1. The third-order valence-corrected chi connectivity index (χ3v) is 4.20. The molecule has 1 atom stereocenters. The third-order valence-electron chi connectivity index (χ3n) is 3.97. The first-order chi connectivity index (χ1) is 11.6. The SMILES string of the molecule is COc1ccc(Cl)cc1[C@@H](O)CNC(=O)c1cccc2c1OCC2. The molecule has 0 fully saturated rings. The van der Waals surface area contributed by atoms with Crippen molar-refractivity contribution in [3.8, 4) is 11.5 Å². The highest BCUT2D eigenvalue weighted by atomic mass is 35.5. The van der Waals surface area contributed by atoms with Crippen LogP contribution in [0.2, 0.25) is 5.02 Å². The molecule has 0 unspecified atom stereocenters. The number of aliphatic hydroxyl groups excluding tert-OH is 1. The number of methoxy groups -OCH3 is 1. The van der Waals surface area contributed by atoms with E-state index in [-0.39, 0.29) is 12.5 Å². The predicted octanol–water partition coefficient (Wildman–Crippen LogP) is 2.75. The number of benzene rings is 2. The number of amides is 1. The van der Waals surface area contributed by atoms with Gasteiger partial charge in [-0.3, -0.25) is 4.79 Å². The Morgan fingerprint density at radius 1 is 1.42 bits per heavy atom. The summed E-state index contributed by atoms with van der Waals surface area (Å²) in [5.74, 6) is 0.865. The third kappa shape index (κ3) is 3.32. The molecule has 2 aromatic carbocycles. The van der Waals surface area contributed by atoms with Crippen LogP contribution in [0.25, 0.3) is 0 Å². The molecule has 24 heavy (non-hydrogen) atoms. The molecule has 1 aliphatic rings.